The molecule has 1 aliphatic carbocycles. The molecule has 0 amide bonds. The van der Waals surface area contributed by atoms with Crippen LogP contribution in [0.25, 0.3) is 0 Å². The van der Waals surface area contributed by atoms with Gasteiger partial charge < -0.3 is 5.32 Å². The smallest absolute Gasteiger partial charge is 0.0638 e. The SMILES string of the molecule is Clc1ccc(Cl)c(NCc2ccc3c(c2)CCC3)c1. The molecule has 2 aromatic carbocycles. The number of fused-ring (bicyclic) bond motifs is 1. The summed E-state index contributed by atoms with van der Waals surface area (Å²) in [5, 5.41) is 4.74. The summed E-state index contributed by atoms with van der Waals surface area (Å²) in [6.45, 7) is 0.771. The average Bonchev–Trinajstić information content (AvgIpc) is 2.87. The van der Waals surface area contributed by atoms with Gasteiger partial charge in [-0.25, -0.2) is 0 Å². The van der Waals surface area contributed by atoms with Crippen LogP contribution in [-0.2, 0) is 19.4 Å². The van der Waals surface area contributed by atoms with E-state index in [1.165, 1.54) is 36.0 Å². The van der Waals surface area contributed by atoms with Crippen LogP contribution in [-0.4, -0.2) is 0 Å². The summed E-state index contributed by atoms with van der Waals surface area (Å²) < 4.78 is 0. The van der Waals surface area contributed by atoms with Crippen molar-refractivity contribution in [3.05, 3.63) is 63.1 Å². The number of halogens is 2. The molecule has 2 aromatic rings. The molecule has 0 aromatic heterocycles. The van der Waals surface area contributed by atoms with Crippen LogP contribution in [0, 0.1) is 0 Å². The fourth-order valence-corrected chi connectivity index (χ4v) is 2.92. The molecule has 0 saturated heterocycles. The molecule has 0 spiro atoms. The van der Waals surface area contributed by atoms with Gasteiger partial charge in [0.1, 0.15) is 0 Å². The van der Waals surface area contributed by atoms with Gasteiger partial charge in [-0.05, 0) is 54.2 Å². The van der Waals surface area contributed by atoms with E-state index in [1.54, 1.807) is 6.07 Å². The molecule has 0 aliphatic heterocycles. The first-order valence-corrected chi connectivity index (χ1v) is 7.27. The van der Waals surface area contributed by atoms with Crippen LogP contribution in [0.5, 0.6) is 0 Å². The van der Waals surface area contributed by atoms with Gasteiger partial charge in [-0.15, -0.1) is 0 Å². The van der Waals surface area contributed by atoms with E-state index in [4.69, 9.17) is 23.2 Å². The van der Waals surface area contributed by atoms with E-state index in [9.17, 15) is 0 Å². The second kappa shape index (κ2) is 5.44. The van der Waals surface area contributed by atoms with Gasteiger partial charge in [-0.3, -0.25) is 0 Å². The van der Waals surface area contributed by atoms with Crippen molar-refractivity contribution in [1.82, 2.24) is 0 Å². The van der Waals surface area contributed by atoms with Crippen molar-refractivity contribution in [1.29, 1.82) is 0 Å². The molecule has 98 valence electrons. The maximum Gasteiger partial charge on any atom is 0.0638 e. The van der Waals surface area contributed by atoms with Gasteiger partial charge in [-0.1, -0.05) is 41.4 Å². The Labute approximate surface area is 123 Å². The van der Waals surface area contributed by atoms with E-state index < -0.39 is 0 Å². The van der Waals surface area contributed by atoms with Gasteiger partial charge in [0, 0.05) is 11.6 Å². The summed E-state index contributed by atoms with van der Waals surface area (Å²) in [6, 6.07) is 12.2. The lowest BCUT2D eigenvalue weighted by atomic mass is 10.1. The van der Waals surface area contributed by atoms with Crippen LogP contribution in [0.3, 0.4) is 0 Å². The van der Waals surface area contributed by atoms with Gasteiger partial charge in [0.05, 0.1) is 10.7 Å². The molecule has 3 heteroatoms. The van der Waals surface area contributed by atoms with Crippen molar-refractivity contribution in [3.8, 4) is 0 Å². The molecule has 0 bridgehead atoms. The number of aryl methyl sites for hydroxylation is 2. The minimum Gasteiger partial charge on any atom is -0.380 e. The van der Waals surface area contributed by atoms with Crippen LogP contribution >= 0.6 is 23.2 Å². The number of hydrogen-bond acceptors (Lipinski definition) is 1. The lowest BCUT2D eigenvalue weighted by molar-refractivity contribution is 0.911. The minimum atomic E-state index is 0.695. The Morgan fingerprint density at radius 3 is 2.68 bits per heavy atom. The predicted molar refractivity (Wildman–Crippen MR) is 82.3 cm³/mol. The molecular weight excluding hydrogens is 277 g/mol. The zero-order chi connectivity index (χ0) is 13.2. The molecular formula is C16H15Cl2N. The highest BCUT2D eigenvalue weighted by Crippen LogP contribution is 2.27. The maximum absolute atomic E-state index is 6.14. The first-order valence-electron chi connectivity index (χ1n) is 6.52. The second-order valence-electron chi connectivity index (χ2n) is 4.93. The Hall–Kier alpha value is -1.18. The van der Waals surface area contributed by atoms with Crippen molar-refractivity contribution in [2.75, 3.05) is 5.32 Å². The quantitative estimate of drug-likeness (QED) is 0.830. The monoisotopic (exact) mass is 291 g/mol. The van der Waals surface area contributed by atoms with E-state index in [0.717, 1.165) is 12.2 Å². The summed E-state index contributed by atoms with van der Waals surface area (Å²) >= 11 is 12.1. The fourth-order valence-electron chi connectivity index (χ4n) is 2.57. The van der Waals surface area contributed by atoms with Crippen molar-refractivity contribution in [2.45, 2.75) is 25.8 Å². The maximum atomic E-state index is 6.14. The molecule has 3 rings (SSSR count). The predicted octanol–water partition coefficient (Wildman–Crippen LogP) is 5.09. The zero-order valence-corrected chi connectivity index (χ0v) is 12.1. The molecule has 0 unspecified atom stereocenters. The van der Waals surface area contributed by atoms with Gasteiger partial charge in [0.2, 0.25) is 0 Å². The Balaban J connectivity index is 1.74. The molecule has 1 aliphatic rings. The average molecular weight is 292 g/mol. The normalized spacial score (nSPS) is 13.4. The summed E-state index contributed by atoms with van der Waals surface area (Å²) in [6.07, 6.45) is 3.72. The first kappa shape index (κ1) is 12.8. The molecule has 0 heterocycles. The Morgan fingerprint density at radius 2 is 1.79 bits per heavy atom. The van der Waals surface area contributed by atoms with Crippen LogP contribution in [0.4, 0.5) is 5.69 Å². The van der Waals surface area contributed by atoms with Crippen molar-refractivity contribution in [2.24, 2.45) is 0 Å². The summed E-state index contributed by atoms with van der Waals surface area (Å²) in [4.78, 5) is 0. The van der Waals surface area contributed by atoms with E-state index >= 15 is 0 Å². The van der Waals surface area contributed by atoms with E-state index in [0.29, 0.717) is 10.0 Å². The van der Waals surface area contributed by atoms with Crippen LogP contribution in [0.15, 0.2) is 36.4 Å². The molecule has 0 fully saturated rings. The van der Waals surface area contributed by atoms with Crippen LogP contribution < -0.4 is 5.32 Å². The van der Waals surface area contributed by atoms with Gasteiger partial charge in [0.25, 0.3) is 0 Å². The number of anilines is 1. The Morgan fingerprint density at radius 1 is 0.947 bits per heavy atom. The molecule has 19 heavy (non-hydrogen) atoms. The molecule has 1 nitrogen and oxygen atoms in total. The first-order chi connectivity index (χ1) is 9.22. The van der Waals surface area contributed by atoms with Crippen molar-refractivity contribution in [3.63, 3.8) is 0 Å². The third-order valence-corrected chi connectivity index (χ3v) is 4.14. The lowest BCUT2D eigenvalue weighted by Crippen LogP contribution is -2.00. The van der Waals surface area contributed by atoms with E-state index in [-0.39, 0.29) is 0 Å². The topological polar surface area (TPSA) is 12.0 Å². The highest BCUT2D eigenvalue weighted by atomic mass is 35.5. The number of benzene rings is 2. The lowest BCUT2D eigenvalue weighted by Gasteiger charge is -2.10. The Bertz CT molecular complexity index is 608. The summed E-state index contributed by atoms with van der Waals surface area (Å²) in [5.41, 5.74) is 5.17. The van der Waals surface area contributed by atoms with Gasteiger partial charge in [0.15, 0.2) is 0 Å². The zero-order valence-electron chi connectivity index (χ0n) is 10.5. The molecule has 0 atom stereocenters. The third kappa shape index (κ3) is 2.88. The van der Waals surface area contributed by atoms with E-state index in [2.05, 4.69) is 23.5 Å². The Kier molecular flexibility index (Phi) is 3.67. The highest BCUT2D eigenvalue weighted by Gasteiger charge is 2.10. The third-order valence-electron chi connectivity index (χ3n) is 3.57. The van der Waals surface area contributed by atoms with Crippen molar-refractivity contribution >= 4 is 28.9 Å². The number of rotatable bonds is 3. The minimum absolute atomic E-state index is 0.695. The largest absolute Gasteiger partial charge is 0.380 e. The van der Waals surface area contributed by atoms with E-state index in [1.807, 2.05) is 12.1 Å². The highest BCUT2D eigenvalue weighted by molar-refractivity contribution is 6.35. The second-order valence-corrected chi connectivity index (χ2v) is 5.78. The van der Waals surface area contributed by atoms with Crippen LogP contribution in [0.1, 0.15) is 23.1 Å². The molecule has 0 radical (unpaired) electrons. The molecule has 0 saturated carbocycles. The van der Waals surface area contributed by atoms with Gasteiger partial charge >= 0.3 is 0 Å². The fraction of sp³-hybridized carbons (Fsp3) is 0.250. The number of hydrogen-bond donors (Lipinski definition) is 1. The van der Waals surface area contributed by atoms with Crippen LogP contribution in [0.2, 0.25) is 10.0 Å². The standard InChI is InChI=1S/C16H15Cl2N/c17-14-6-7-15(18)16(9-14)19-10-11-4-5-12-2-1-3-13(12)8-11/h4-9,19H,1-3,10H2. The number of nitrogens with one attached hydrogen (secondary N) is 1. The van der Waals surface area contributed by atoms with Gasteiger partial charge in [-0.2, -0.15) is 0 Å². The summed E-state index contributed by atoms with van der Waals surface area (Å²) in [7, 11) is 0. The molecule has 1 N–H and O–H groups in total. The summed E-state index contributed by atoms with van der Waals surface area (Å²) in [5.74, 6) is 0. The van der Waals surface area contributed by atoms with Crippen molar-refractivity contribution < 1.29 is 0 Å².